The number of carbonyl (C=O) groups is 1. The number of hydrogen-bond acceptors (Lipinski definition) is 4. The standard InChI is InChI=1S/C12H19ClN4O/c1-8(2)17(4)6-5-14-11(18)10-7-9(3)15-12(13)16-10/h7-8H,5-6H2,1-4H3,(H,14,18). The number of rotatable bonds is 5. The number of nitrogens with one attached hydrogen (secondary N) is 1. The zero-order chi connectivity index (χ0) is 13.7. The maximum absolute atomic E-state index is 11.8. The fourth-order valence-corrected chi connectivity index (χ4v) is 1.57. The summed E-state index contributed by atoms with van der Waals surface area (Å²) in [6.45, 7) is 7.36. The third-order valence-electron chi connectivity index (χ3n) is 2.69. The number of carbonyl (C=O) groups excluding carboxylic acids is 1. The normalized spacial score (nSPS) is 11.1. The van der Waals surface area contributed by atoms with Crippen LogP contribution in [0.4, 0.5) is 0 Å². The van der Waals surface area contributed by atoms with E-state index in [1.165, 1.54) is 0 Å². The molecular formula is C12H19ClN4O. The van der Waals surface area contributed by atoms with Gasteiger partial charge in [0.25, 0.3) is 5.91 Å². The summed E-state index contributed by atoms with van der Waals surface area (Å²) in [7, 11) is 2.02. The summed E-state index contributed by atoms with van der Waals surface area (Å²) in [4.78, 5) is 21.8. The lowest BCUT2D eigenvalue weighted by molar-refractivity contribution is 0.0942. The first-order valence-corrected chi connectivity index (χ1v) is 6.27. The molecule has 6 heteroatoms. The van der Waals surface area contributed by atoms with E-state index in [9.17, 15) is 4.79 Å². The summed E-state index contributed by atoms with van der Waals surface area (Å²) in [5, 5.41) is 2.91. The first-order valence-electron chi connectivity index (χ1n) is 5.89. The van der Waals surface area contributed by atoms with Gasteiger partial charge in [-0.25, -0.2) is 9.97 Å². The molecule has 18 heavy (non-hydrogen) atoms. The van der Waals surface area contributed by atoms with Crippen LogP contribution in [-0.2, 0) is 0 Å². The minimum Gasteiger partial charge on any atom is -0.349 e. The highest BCUT2D eigenvalue weighted by Gasteiger charge is 2.10. The first kappa shape index (κ1) is 14.9. The lowest BCUT2D eigenvalue weighted by atomic mass is 10.3. The van der Waals surface area contributed by atoms with Crippen LogP contribution in [0.5, 0.6) is 0 Å². The van der Waals surface area contributed by atoms with Gasteiger partial charge in [0.05, 0.1) is 0 Å². The minimum atomic E-state index is -0.223. The van der Waals surface area contributed by atoms with Crippen molar-refractivity contribution in [3.8, 4) is 0 Å². The molecule has 0 radical (unpaired) electrons. The van der Waals surface area contributed by atoms with E-state index in [0.29, 0.717) is 24.0 Å². The summed E-state index contributed by atoms with van der Waals surface area (Å²) in [6, 6.07) is 2.07. The number of halogens is 1. The van der Waals surface area contributed by atoms with Gasteiger partial charge in [0.1, 0.15) is 5.69 Å². The molecule has 0 bridgehead atoms. The fourth-order valence-electron chi connectivity index (χ4n) is 1.34. The van der Waals surface area contributed by atoms with Crippen LogP contribution in [0.2, 0.25) is 5.28 Å². The van der Waals surface area contributed by atoms with E-state index in [2.05, 4.69) is 34.0 Å². The van der Waals surface area contributed by atoms with Gasteiger partial charge in [0, 0.05) is 24.8 Å². The molecule has 1 heterocycles. The van der Waals surface area contributed by atoms with Crippen molar-refractivity contribution in [3.05, 3.63) is 22.7 Å². The Morgan fingerprint density at radius 3 is 2.72 bits per heavy atom. The van der Waals surface area contributed by atoms with Gasteiger partial charge in [-0.05, 0) is 45.5 Å². The van der Waals surface area contributed by atoms with E-state index >= 15 is 0 Å². The number of aromatic nitrogens is 2. The van der Waals surface area contributed by atoms with Crippen molar-refractivity contribution in [2.24, 2.45) is 0 Å². The Hall–Kier alpha value is -1.20. The second-order valence-corrected chi connectivity index (χ2v) is 4.83. The number of likely N-dealkylation sites (N-methyl/N-ethyl adjacent to an activating group) is 1. The van der Waals surface area contributed by atoms with Crippen molar-refractivity contribution in [2.75, 3.05) is 20.1 Å². The van der Waals surface area contributed by atoms with Crippen LogP contribution < -0.4 is 5.32 Å². The van der Waals surface area contributed by atoms with Gasteiger partial charge in [-0.15, -0.1) is 0 Å². The second-order valence-electron chi connectivity index (χ2n) is 4.49. The maximum Gasteiger partial charge on any atom is 0.270 e. The second kappa shape index (κ2) is 6.66. The van der Waals surface area contributed by atoms with Gasteiger partial charge in [-0.1, -0.05) is 0 Å². The number of aryl methyl sites for hydroxylation is 1. The third kappa shape index (κ3) is 4.58. The Kier molecular flexibility index (Phi) is 5.50. The Balaban J connectivity index is 2.50. The molecule has 1 aromatic heterocycles. The zero-order valence-electron chi connectivity index (χ0n) is 11.2. The molecule has 0 saturated heterocycles. The molecule has 0 aliphatic heterocycles. The third-order valence-corrected chi connectivity index (χ3v) is 2.86. The topological polar surface area (TPSA) is 58.1 Å². The van der Waals surface area contributed by atoms with Crippen molar-refractivity contribution >= 4 is 17.5 Å². The van der Waals surface area contributed by atoms with Crippen molar-refractivity contribution < 1.29 is 4.79 Å². The van der Waals surface area contributed by atoms with Crippen molar-refractivity contribution in [3.63, 3.8) is 0 Å². The molecule has 0 aromatic carbocycles. The van der Waals surface area contributed by atoms with Crippen molar-refractivity contribution in [1.82, 2.24) is 20.2 Å². The van der Waals surface area contributed by atoms with Gasteiger partial charge in [-0.2, -0.15) is 0 Å². The van der Waals surface area contributed by atoms with Gasteiger partial charge in [0.2, 0.25) is 5.28 Å². The highest BCUT2D eigenvalue weighted by Crippen LogP contribution is 2.05. The average molecular weight is 271 g/mol. The summed E-state index contributed by atoms with van der Waals surface area (Å²) in [5.41, 5.74) is 0.985. The van der Waals surface area contributed by atoms with Crippen LogP contribution in [0.15, 0.2) is 6.07 Å². The SMILES string of the molecule is Cc1cc(C(=O)NCCN(C)C(C)C)nc(Cl)n1. The minimum absolute atomic E-state index is 0.0967. The van der Waals surface area contributed by atoms with Gasteiger partial charge in [-0.3, -0.25) is 4.79 Å². The number of amides is 1. The molecule has 0 fully saturated rings. The Morgan fingerprint density at radius 2 is 2.17 bits per heavy atom. The van der Waals surface area contributed by atoms with Crippen molar-refractivity contribution in [1.29, 1.82) is 0 Å². The molecule has 100 valence electrons. The average Bonchev–Trinajstić information content (AvgIpc) is 2.27. The molecule has 1 aromatic rings. The Bertz CT molecular complexity index is 402. The van der Waals surface area contributed by atoms with Crippen LogP contribution in [0.1, 0.15) is 30.0 Å². The lowest BCUT2D eigenvalue weighted by Gasteiger charge is -2.20. The van der Waals surface area contributed by atoms with E-state index in [-0.39, 0.29) is 11.2 Å². The number of nitrogens with zero attached hydrogens (tertiary/aromatic N) is 3. The van der Waals surface area contributed by atoms with E-state index in [1.807, 2.05) is 7.05 Å². The summed E-state index contributed by atoms with van der Waals surface area (Å²) in [6.07, 6.45) is 0. The van der Waals surface area contributed by atoms with Gasteiger partial charge < -0.3 is 10.2 Å². The molecule has 1 amide bonds. The Morgan fingerprint density at radius 1 is 1.50 bits per heavy atom. The highest BCUT2D eigenvalue weighted by atomic mass is 35.5. The van der Waals surface area contributed by atoms with Crippen LogP contribution in [-0.4, -0.2) is 47.0 Å². The molecule has 1 rings (SSSR count). The lowest BCUT2D eigenvalue weighted by Crippen LogP contribution is -2.36. The predicted molar refractivity (Wildman–Crippen MR) is 71.9 cm³/mol. The predicted octanol–water partition coefficient (Wildman–Crippen LogP) is 1.51. The Labute approximate surface area is 113 Å². The van der Waals surface area contributed by atoms with Gasteiger partial charge >= 0.3 is 0 Å². The molecule has 0 unspecified atom stereocenters. The molecule has 0 aliphatic carbocycles. The van der Waals surface area contributed by atoms with Crippen molar-refractivity contribution in [2.45, 2.75) is 26.8 Å². The monoisotopic (exact) mass is 270 g/mol. The molecule has 0 atom stereocenters. The highest BCUT2D eigenvalue weighted by molar-refractivity contribution is 6.28. The molecule has 0 spiro atoms. The van der Waals surface area contributed by atoms with Crippen LogP contribution >= 0.6 is 11.6 Å². The fraction of sp³-hybridized carbons (Fsp3) is 0.583. The summed E-state index contributed by atoms with van der Waals surface area (Å²) >= 11 is 5.71. The molecule has 0 aliphatic rings. The quantitative estimate of drug-likeness (QED) is 0.824. The van der Waals surface area contributed by atoms with Crippen LogP contribution in [0.3, 0.4) is 0 Å². The molecular weight excluding hydrogens is 252 g/mol. The molecule has 5 nitrogen and oxygen atoms in total. The maximum atomic E-state index is 11.8. The molecule has 1 N–H and O–H groups in total. The molecule has 0 saturated carbocycles. The van der Waals surface area contributed by atoms with E-state index in [1.54, 1.807) is 13.0 Å². The summed E-state index contributed by atoms with van der Waals surface area (Å²) < 4.78 is 0. The van der Waals surface area contributed by atoms with Gasteiger partial charge in [0.15, 0.2) is 0 Å². The van der Waals surface area contributed by atoms with E-state index in [4.69, 9.17) is 11.6 Å². The smallest absolute Gasteiger partial charge is 0.270 e. The van der Waals surface area contributed by atoms with Crippen LogP contribution in [0, 0.1) is 6.92 Å². The largest absolute Gasteiger partial charge is 0.349 e. The number of hydrogen-bond donors (Lipinski definition) is 1. The van der Waals surface area contributed by atoms with E-state index < -0.39 is 0 Å². The van der Waals surface area contributed by atoms with Crippen LogP contribution in [0.25, 0.3) is 0 Å². The van der Waals surface area contributed by atoms with E-state index in [0.717, 1.165) is 6.54 Å². The zero-order valence-corrected chi connectivity index (χ0v) is 12.0. The first-order chi connectivity index (χ1) is 8.40. The summed E-state index contributed by atoms with van der Waals surface area (Å²) in [5.74, 6) is -0.223.